The van der Waals surface area contributed by atoms with Crippen LogP contribution in [0.4, 0.5) is 0 Å². The Morgan fingerprint density at radius 2 is 2.35 bits per heavy atom. The molecule has 0 unspecified atom stereocenters. The highest BCUT2D eigenvalue weighted by Gasteiger charge is 2.21. The monoisotopic (exact) mass is 235 g/mol. The Balaban J connectivity index is 2.05. The standard InChI is InChI=1S/C14H21NO2/c1-3-7-15-8-9-17-14(11-15)12-5-4-6-13(10-12)16-2/h4-6,10,14H,3,7-9,11H2,1-2H3/t14-/m0/s1. The number of methoxy groups -OCH3 is 1. The molecule has 1 aromatic rings. The summed E-state index contributed by atoms with van der Waals surface area (Å²) in [6, 6.07) is 8.18. The van der Waals surface area contributed by atoms with Crippen LogP contribution < -0.4 is 4.74 Å². The van der Waals surface area contributed by atoms with E-state index in [9.17, 15) is 0 Å². The molecule has 1 saturated heterocycles. The predicted octanol–water partition coefficient (Wildman–Crippen LogP) is 2.48. The van der Waals surface area contributed by atoms with Gasteiger partial charge in [-0.15, -0.1) is 0 Å². The maximum atomic E-state index is 5.84. The molecule has 0 spiro atoms. The Hall–Kier alpha value is -1.06. The second kappa shape index (κ2) is 6.03. The number of hydrogen-bond donors (Lipinski definition) is 0. The Morgan fingerprint density at radius 1 is 1.47 bits per heavy atom. The number of benzene rings is 1. The molecule has 0 radical (unpaired) electrons. The molecule has 3 heteroatoms. The maximum Gasteiger partial charge on any atom is 0.119 e. The fraction of sp³-hybridized carbons (Fsp3) is 0.571. The molecule has 0 bridgehead atoms. The number of rotatable bonds is 4. The van der Waals surface area contributed by atoms with Crippen molar-refractivity contribution in [1.82, 2.24) is 4.90 Å². The van der Waals surface area contributed by atoms with Crippen LogP contribution in [0.15, 0.2) is 24.3 Å². The zero-order chi connectivity index (χ0) is 12.1. The molecule has 1 heterocycles. The first-order valence-electron chi connectivity index (χ1n) is 6.31. The summed E-state index contributed by atoms with van der Waals surface area (Å²) in [6.45, 7) is 6.23. The van der Waals surface area contributed by atoms with Crippen LogP contribution >= 0.6 is 0 Å². The molecule has 1 aliphatic heterocycles. The maximum absolute atomic E-state index is 5.84. The first kappa shape index (κ1) is 12.4. The molecule has 0 aliphatic carbocycles. The van der Waals surface area contributed by atoms with E-state index in [1.54, 1.807) is 7.11 Å². The first-order chi connectivity index (χ1) is 8.33. The number of morpholine rings is 1. The van der Waals surface area contributed by atoms with Crippen LogP contribution in [0.5, 0.6) is 5.75 Å². The smallest absolute Gasteiger partial charge is 0.119 e. The minimum atomic E-state index is 0.186. The van der Waals surface area contributed by atoms with Crippen LogP contribution in [0.3, 0.4) is 0 Å². The van der Waals surface area contributed by atoms with E-state index in [4.69, 9.17) is 9.47 Å². The number of nitrogens with zero attached hydrogens (tertiary/aromatic N) is 1. The third kappa shape index (κ3) is 3.20. The zero-order valence-electron chi connectivity index (χ0n) is 10.7. The quantitative estimate of drug-likeness (QED) is 0.800. The number of ether oxygens (including phenoxy) is 2. The predicted molar refractivity (Wildman–Crippen MR) is 68.4 cm³/mol. The van der Waals surface area contributed by atoms with Crippen molar-refractivity contribution in [1.29, 1.82) is 0 Å². The largest absolute Gasteiger partial charge is 0.497 e. The van der Waals surface area contributed by atoms with Gasteiger partial charge >= 0.3 is 0 Å². The third-order valence-corrected chi connectivity index (χ3v) is 3.16. The van der Waals surface area contributed by atoms with Crippen molar-refractivity contribution >= 4 is 0 Å². The van der Waals surface area contributed by atoms with Gasteiger partial charge in [-0.2, -0.15) is 0 Å². The Morgan fingerprint density at radius 3 is 3.12 bits per heavy atom. The second-order valence-electron chi connectivity index (χ2n) is 4.44. The van der Waals surface area contributed by atoms with Gasteiger partial charge in [0, 0.05) is 13.1 Å². The molecule has 0 N–H and O–H groups in total. The average molecular weight is 235 g/mol. The fourth-order valence-electron chi connectivity index (χ4n) is 2.27. The summed E-state index contributed by atoms with van der Waals surface area (Å²) in [4.78, 5) is 2.47. The lowest BCUT2D eigenvalue weighted by Crippen LogP contribution is -2.38. The molecule has 0 saturated carbocycles. The van der Waals surface area contributed by atoms with Gasteiger partial charge in [0.1, 0.15) is 5.75 Å². The van der Waals surface area contributed by atoms with Crippen molar-refractivity contribution in [3.05, 3.63) is 29.8 Å². The lowest BCUT2D eigenvalue weighted by molar-refractivity contribution is -0.0299. The van der Waals surface area contributed by atoms with Gasteiger partial charge < -0.3 is 9.47 Å². The molecule has 1 aromatic carbocycles. The zero-order valence-corrected chi connectivity index (χ0v) is 10.7. The minimum Gasteiger partial charge on any atom is -0.497 e. The van der Waals surface area contributed by atoms with Crippen LogP contribution in [0.25, 0.3) is 0 Å². The number of hydrogen-bond acceptors (Lipinski definition) is 3. The van der Waals surface area contributed by atoms with Gasteiger partial charge in [0.25, 0.3) is 0 Å². The van der Waals surface area contributed by atoms with Crippen LogP contribution in [0.1, 0.15) is 25.0 Å². The van der Waals surface area contributed by atoms with Crippen LogP contribution in [0.2, 0.25) is 0 Å². The van der Waals surface area contributed by atoms with Gasteiger partial charge in [-0.05, 0) is 30.7 Å². The van der Waals surface area contributed by atoms with E-state index < -0.39 is 0 Å². The summed E-state index contributed by atoms with van der Waals surface area (Å²) in [7, 11) is 1.70. The van der Waals surface area contributed by atoms with E-state index in [2.05, 4.69) is 24.0 Å². The second-order valence-corrected chi connectivity index (χ2v) is 4.44. The normalized spacial score (nSPS) is 21.4. The van der Waals surface area contributed by atoms with Crippen molar-refractivity contribution in [3.63, 3.8) is 0 Å². The SMILES string of the molecule is CCCN1CCO[C@H](c2cccc(OC)c2)C1. The topological polar surface area (TPSA) is 21.7 Å². The molecule has 2 rings (SSSR count). The van der Waals surface area contributed by atoms with Crippen molar-refractivity contribution in [2.45, 2.75) is 19.4 Å². The minimum absolute atomic E-state index is 0.186. The van der Waals surface area contributed by atoms with Gasteiger partial charge in [-0.3, -0.25) is 4.90 Å². The lowest BCUT2D eigenvalue weighted by Gasteiger charge is -2.33. The van der Waals surface area contributed by atoms with E-state index in [1.165, 1.54) is 12.0 Å². The van der Waals surface area contributed by atoms with Gasteiger partial charge in [0.15, 0.2) is 0 Å². The molecule has 0 aromatic heterocycles. The molecule has 1 aliphatic rings. The van der Waals surface area contributed by atoms with Crippen molar-refractivity contribution in [3.8, 4) is 5.75 Å². The van der Waals surface area contributed by atoms with Crippen LogP contribution in [-0.4, -0.2) is 38.3 Å². The van der Waals surface area contributed by atoms with E-state index >= 15 is 0 Å². The summed E-state index contributed by atoms with van der Waals surface area (Å²) < 4.78 is 11.1. The lowest BCUT2D eigenvalue weighted by atomic mass is 10.1. The van der Waals surface area contributed by atoms with Crippen LogP contribution in [0, 0.1) is 0 Å². The highest BCUT2D eigenvalue weighted by Crippen LogP contribution is 2.25. The Kier molecular flexibility index (Phi) is 4.40. The molecule has 0 amide bonds. The molecule has 1 fully saturated rings. The molecular formula is C14H21NO2. The Labute approximate surface area is 103 Å². The van der Waals surface area contributed by atoms with Crippen molar-refractivity contribution in [2.75, 3.05) is 33.4 Å². The molecule has 1 atom stereocenters. The van der Waals surface area contributed by atoms with Crippen molar-refractivity contribution in [2.24, 2.45) is 0 Å². The molecular weight excluding hydrogens is 214 g/mol. The summed E-state index contributed by atoms with van der Waals surface area (Å²) in [6.07, 6.45) is 1.38. The van der Waals surface area contributed by atoms with Gasteiger partial charge in [-0.1, -0.05) is 19.1 Å². The van der Waals surface area contributed by atoms with Crippen LogP contribution in [-0.2, 0) is 4.74 Å². The molecule has 94 valence electrons. The third-order valence-electron chi connectivity index (χ3n) is 3.16. The van der Waals surface area contributed by atoms with E-state index in [1.807, 2.05) is 12.1 Å². The van der Waals surface area contributed by atoms with E-state index in [0.29, 0.717) is 0 Å². The average Bonchev–Trinajstić information content (AvgIpc) is 2.40. The fourth-order valence-corrected chi connectivity index (χ4v) is 2.27. The summed E-state index contributed by atoms with van der Waals surface area (Å²) in [5, 5.41) is 0. The van der Waals surface area contributed by atoms with E-state index in [0.717, 1.165) is 32.0 Å². The van der Waals surface area contributed by atoms with Crippen molar-refractivity contribution < 1.29 is 9.47 Å². The summed E-state index contributed by atoms with van der Waals surface area (Å²) in [5.74, 6) is 0.902. The van der Waals surface area contributed by atoms with Gasteiger partial charge in [-0.25, -0.2) is 0 Å². The van der Waals surface area contributed by atoms with Gasteiger partial charge in [0.05, 0.1) is 19.8 Å². The Bertz CT molecular complexity index is 352. The highest BCUT2D eigenvalue weighted by atomic mass is 16.5. The van der Waals surface area contributed by atoms with E-state index in [-0.39, 0.29) is 6.10 Å². The molecule has 3 nitrogen and oxygen atoms in total. The highest BCUT2D eigenvalue weighted by molar-refractivity contribution is 5.30. The molecule has 17 heavy (non-hydrogen) atoms. The summed E-state index contributed by atoms with van der Waals surface area (Å²) in [5.41, 5.74) is 1.21. The summed E-state index contributed by atoms with van der Waals surface area (Å²) >= 11 is 0. The first-order valence-corrected chi connectivity index (χ1v) is 6.31. The van der Waals surface area contributed by atoms with Gasteiger partial charge in [0.2, 0.25) is 0 Å².